The van der Waals surface area contributed by atoms with Gasteiger partial charge in [0.05, 0.1) is 5.69 Å². The number of para-hydroxylation sites is 1. The summed E-state index contributed by atoms with van der Waals surface area (Å²) >= 11 is 0. The molecule has 4 nitrogen and oxygen atoms in total. The molecule has 1 aliphatic rings. The summed E-state index contributed by atoms with van der Waals surface area (Å²) in [5.74, 6) is 0.404. The fourth-order valence-corrected chi connectivity index (χ4v) is 2.49. The number of rotatable bonds is 4. The van der Waals surface area contributed by atoms with E-state index in [2.05, 4.69) is 10.1 Å². The van der Waals surface area contributed by atoms with Crippen LogP contribution in [0.4, 0.5) is 24.5 Å². The first kappa shape index (κ1) is 15.5. The first-order valence-electron chi connectivity index (χ1n) is 7.06. The molecule has 7 heteroatoms. The van der Waals surface area contributed by atoms with Crippen molar-refractivity contribution in [1.82, 2.24) is 0 Å². The van der Waals surface area contributed by atoms with Crippen LogP contribution in [0.1, 0.15) is 5.56 Å². The maximum atomic E-state index is 12.3. The van der Waals surface area contributed by atoms with E-state index in [1.165, 1.54) is 18.2 Å². The first-order valence-corrected chi connectivity index (χ1v) is 7.06. The Morgan fingerprint density at radius 1 is 1.22 bits per heavy atom. The van der Waals surface area contributed by atoms with Gasteiger partial charge in [-0.15, -0.1) is 13.2 Å². The summed E-state index contributed by atoms with van der Waals surface area (Å²) in [7, 11) is 0. The number of ether oxygens (including phenoxy) is 2. The van der Waals surface area contributed by atoms with Crippen LogP contribution >= 0.6 is 0 Å². The van der Waals surface area contributed by atoms with E-state index >= 15 is 0 Å². The zero-order chi connectivity index (χ0) is 16.4. The van der Waals surface area contributed by atoms with Crippen molar-refractivity contribution < 1.29 is 22.6 Å². The lowest BCUT2D eigenvalue weighted by atomic mass is 10.1. The quantitative estimate of drug-likeness (QED) is 0.902. The molecule has 0 aliphatic carbocycles. The highest BCUT2D eigenvalue weighted by atomic mass is 19.4. The zero-order valence-corrected chi connectivity index (χ0v) is 12.1. The maximum absolute atomic E-state index is 12.3. The Morgan fingerprint density at radius 2 is 2.00 bits per heavy atom. The zero-order valence-electron chi connectivity index (χ0n) is 12.1. The Bertz CT molecular complexity index is 704. The molecule has 1 heterocycles. The van der Waals surface area contributed by atoms with Crippen LogP contribution in [0.15, 0.2) is 42.5 Å². The van der Waals surface area contributed by atoms with Gasteiger partial charge in [0, 0.05) is 30.3 Å². The molecule has 2 aromatic rings. The lowest BCUT2D eigenvalue weighted by molar-refractivity contribution is -0.274. The molecule has 1 atom stereocenters. The molecule has 0 radical (unpaired) electrons. The number of benzene rings is 2. The SMILES string of the molecule is NCC1Cc2cccc(Nc3cccc(OC(F)(F)F)c3)c2O1. The number of anilines is 2. The van der Waals surface area contributed by atoms with E-state index in [9.17, 15) is 13.2 Å². The van der Waals surface area contributed by atoms with Crippen LogP contribution in [0.25, 0.3) is 0 Å². The van der Waals surface area contributed by atoms with Gasteiger partial charge in [0.1, 0.15) is 17.6 Å². The molecule has 0 spiro atoms. The van der Waals surface area contributed by atoms with Crippen molar-refractivity contribution in [2.24, 2.45) is 5.73 Å². The third kappa shape index (κ3) is 3.68. The second-order valence-electron chi connectivity index (χ2n) is 5.17. The Balaban J connectivity index is 1.81. The van der Waals surface area contributed by atoms with Gasteiger partial charge in [0.15, 0.2) is 0 Å². The molecule has 23 heavy (non-hydrogen) atoms. The van der Waals surface area contributed by atoms with Crippen molar-refractivity contribution in [2.75, 3.05) is 11.9 Å². The minimum atomic E-state index is -4.72. The van der Waals surface area contributed by atoms with Gasteiger partial charge < -0.3 is 20.5 Å². The summed E-state index contributed by atoms with van der Waals surface area (Å²) in [6.07, 6.45) is -4.07. The van der Waals surface area contributed by atoms with Gasteiger partial charge in [-0.05, 0) is 18.2 Å². The van der Waals surface area contributed by atoms with E-state index in [1.54, 1.807) is 12.1 Å². The van der Waals surface area contributed by atoms with Crippen LogP contribution in [0.3, 0.4) is 0 Å². The van der Waals surface area contributed by atoms with Gasteiger partial charge in [-0.25, -0.2) is 0 Å². The van der Waals surface area contributed by atoms with E-state index in [0.29, 0.717) is 23.7 Å². The van der Waals surface area contributed by atoms with Gasteiger partial charge in [-0.2, -0.15) is 0 Å². The van der Waals surface area contributed by atoms with Crippen molar-refractivity contribution in [3.05, 3.63) is 48.0 Å². The van der Waals surface area contributed by atoms with Crippen LogP contribution < -0.4 is 20.5 Å². The number of hydrogen-bond donors (Lipinski definition) is 2. The summed E-state index contributed by atoms with van der Waals surface area (Å²) in [4.78, 5) is 0. The van der Waals surface area contributed by atoms with Gasteiger partial charge in [0.2, 0.25) is 0 Å². The Hall–Kier alpha value is -2.41. The number of halogens is 3. The normalized spacial score (nSPS) is 16.6. The molecule has 0 bridgehead atoms. The fourth-order valence-electron chi connectivity index (χ4n) is 2.49. The minimum Gasteiger partial charge on any atom is -0.486 e. The Labute approximate surface area is 131 Å². The number of alkyl halides is 3. The third-order valence-corrected chi connectivity index (χ3v) is 3.44. The van der Waals surface area contributed by atoms with Crippen LogP contribution in [0.2, 0.25) is 0 Å². The topological polar surface area (TPSA) is 56.5 Å². The van der Waals surface area contributed by atoms with Gasteiger partial charge >= 0.3 is 6.36 Å². The van der Waals surface area contributed by atoms with Crippen LogP contribution in [-0.4, -0.2) is 19.0 Å². The third-order valence-electron chi connectivity index (χ3n) is 3.44. The molecule has 2 aromatic carbocycles. The Morgan fingerprint density at radius 3 is 2.74 bits per heavy atom. The molecular weight excluding hydrogens is 309 g/mol. The minimum absolute atomic E-state index is 0.0761. The summed E-state index contributed by atoms with van der Waals surface area (Å²) in [5.41, 5.74) is 7.80. The Kier molecular flexibility index (Phi) is 4.04. The molecule has 1 unspecified atom stereocenters. The average Bonchev–Trinajstić information content (AvgIpc) is 2.90. The molecule has 0 saturated carbocycles. The summed E-state index contributed by atoms with van der Waals surface area (Å²) in [6, 6.07) is 11.3. The fraction of sp³-hybridized carbons (Fsp3) is 0.250. The number of nitrogens with two attached hydrogens (primary N) is 1. The molecular formula is C16H15F3N2O2. The van der Waals surface area contributed by atoms with Crippen LogP contribution in [0.5, 0.6) is 11.5 Å². The predicted molar refractivity (Wildman–Crippen MR) is 80.0 cm³/mol. The van der Waals surface area contributed by atoms with E-state index in [4.69, 9.17) is 10.5 Å². The highest BCUT2D eigenvalue weighted by Gasteiger charge is 2.31. The van der Waals surface area contributed by atoms with Crippen molar-refractivity contribution in [1.29, 1.82) is 0 Å². The molecule has 3 rings (SSSR count). The summed E-state index contributed by atoms with van der Waals surface area (Å²) in [5, 5.41) is 3.06. The molecule has 0 aromatic heterocycles. The summed E-state index contributed by atoms with van der Waals surface area (Å²) in [6.45, 7) is 0.406. The van der Waals surface area contributed by atoms with Crippen molar-refractivity contribution in [3.63, 3.8) is 0 Å². The van der Waals surface area contributed by atoms with Gasteiger partial charge in [-0.1, -0.05) is 18.2 Å². The van der Waals surface area contributed by atoms with Crippen molar-refractivity contribution in [2.45, 2.75) is 18.9 Å². The number of nitrogens with one attached hydrogen (secondary N) is 1. The first-order chi connectivity index (χ1) is 10.9. The maximum Gasteiger partial charge on any atom is 0.573 e. The summed E-state index contributed by atoms with van der Waals surface area (Å²) < 4.78 is 46.6. The largest absolute Gasteiger partial charge is 0.573 e. The molecule has 0 fully saturated rings. The number of fused-ring (bicyclic) bond motifs is 1. The van der Waals surface area contributed by atoms with Crippen molar-refractivity contribution in [3.8, 4) is 11.5 Å². The smallest absolute Gasteiger partial charge is 0.486 e. The van der Waals surface area contributed by atoms with E-state index < -0.39 is 6.36 Å². The lowest BCUT2D eigenvalue weighted by Gasteiger charge is -2.14. The second kappa shape index (κ2) is 6.00. The molecule has 1 aliphatic heterocycles. The molecule has 122 valence electrons. The molecule has 0 amide bonds. The highest BCUT2D eigenvalue weighted by Crippen LogP contribution is 2.38. The van der Waals surface area contributed by atoms with Crippen molar-refractivity contribution >= 4 is 11.4 Å². The van der Waals surface area contributed by atoms with E-state index in [0.717, 1.165) is 12.0 Å². The van der Waals surface area contributed by atoms with Crippen LogP contribution in [0, 0.1) is 0 Å². The molecule has 3 N–H and O–H groups in total. The standard InChI is InChI=1S/C16H15F3N2O2/c17-16(18,19)23-12-5-2-4-11(8-12)21-14-6-1-3-10-7-13(9-20)22-15(10)14/h1-6,8,13,21H,7,9,20H2. The van der Waals surface area contributed by atoms with Crippen LogP contribution in [-0.2, 0) is 6.42 Å². The highest BCUT2D eigenvalue weighted by molar-refractivity contribution is 5.70. The van der Waals surface area contributed by atoms with Gasteiger partial charge in [0.25, 0.3) is 0 Å². The monoisotopic (exact) mass is 324 g/mol. The average molecular weight is 324 g/mol. The van der Waals surface area contributed by atoms with E-state index in [1.807, 2.05) is 12.1 Å². The van der Waals surface area contributed by atoms with Gasteiger partial charge in [-0.3, -0.25) is 0 Å². The predicted octanol–water partition coefficient (Wildman–Crippen LogP) is 3.59. The lowest BCUT2D eigenvalue weighted by Crippen LogP contribution is -2.24. The van der Waals surface area contributed by atoms with E-state index in [-0.39, 0.29) is 11.9 Å². The number of hydrogen-bond acceptors (Lipinski definition) is 4. The molecule has 0 saturated heterocycles. The second-order valence-corrected chi connectivity index (χ2v) is 5.17.